The van der Waals surface area contributed by atoms with E-state index in [4.69, 9.17) is 0 Å². The van der Waals surface area contributed by atoms with E-state index in [-0.39, 0.29) is 28.1 Å². The van der Waals surface area contributed by atoms with Crippen molar-refractivity contribution in [3.05, 3.63) is 94.8 Å². The number of carbonyl (C=O) groups is 1. The topological polar surface area (TPSA) is 75.3 Å². The Morgan fingerprint density at radius 2 is 1.67 bits per heavy atom. The molecule has 156 valence electrons. The van der Waals surface area contributed by atoms with E-state index >= 15 is 0 Å². The maximum atomic E-state index is 13.0. The van der Waals surface area contributed by atoms with Gasteiger partial charge < -0.3 is 5.32 Å². The van der Waals surface area contributed by atoms with Crippen molar-refractivity contribution in [3.8, 4) is 0 Å². The quantitative estimate of drug-likeness (QED) is 0.598. The first kappa shape index (κ1) is 21.5. The lowest BCUT2D eigenvalue weighted by molar-refractivity contribution is 0.0939. The van der Waals surface area contributed by atoms with Gasteiger partial charge in [-0.15, -0.1) is 0 Å². The summed E-state index contributed by atoms with van der Waals surface area (Å²) in [6, 6.07) is 16.5. The van der Waals surface area contributed by atoms with Gasteiger partial charge in [0, 0.05) is 11.3 Å². The summed E-state index contributed by atoms with van der Waals surface area (Å²) in [5, 5.41) is 2.91. The average molecular weight is 427 g/mol. The van der Waals surface area contributed by atoms with Crippen molar-refractivity contribution >= 4 is 21.6 Å². The van der Waals surface area contributed by atoms with E-state index in [1.54, 1.807) is 6.07 Å². The molecule has 0 aliphatic rings. The molecule has 2 N–H and O–H groups in total. The molecule has 0 bridgehead atoms. The Labute approximate surface area is 176 Å². The fraction of sp³-hybridized carbons (Fsp3) is 0.174. The van der Waals surface area contributed by atoms with Crippen LogP contribution in [0.2, 0.25) is 0 Å². The zero-order valence-electron chi connectivity index (χ0n) is 16.9. The third kappa shape index (κ3) is 5.04. The number of hydrogen-bond donors (Lipinski definition) is 2. The van der Waals surface area contributed by atoms with Gasteiger partial charge in [0.1, 0.15) is 5.82 Å². The summed E-state index contributed by atoms with van der Waals surface area (Å²) >= 11 is 0. The van der Waals surface area contributed by atoms with Crippen molar-refractivity contribution < 1.29 is 17.6 Å². The lowest BCUT2D eigenvalue weighted by Crippen LogP contribution is -2.27. The van der Waals surface area contributed by atoms with E-state index in [0.29, 0.717) is 0 Å². The van der Waals surface area contributed by atoms with Gasteiger partial charge in [-0.05, 0) is 74.4 Å². The summed E-state index contributed by atoms with van der Waals surface area (Å²) in [4.78, 5) is 12.7. The minimum Gasteiger partial charge on any atom is -0.346 e. The molecule has 30 heavy (non-hydrogen) atoms. The fourth-order valence-electron chi connectivity index (χ4n) is 3.21. The third-order valence-corrected chi connectivity index (χ3v) is 6.12. The molecule has 0 aliphatic carbocycles. The predicted molar refractivity (Wildman–Crippen MR) is 115 cm³/mol. The second-order valence-corrected chi connectivity index (χ2v) is 8.88. The molecule has 0 aromatic heterocycles. The Hall–Kier alpha value is -3.19. The molecule has 1 amide bonds. The van der Waals surface area contributed by atoms with Crippen LogP contribution in [-0.2, 0) is 10.0 Å². The van der Waals surface area contributed by atoms with Crippen LogP contribution in [-0.4, -0.2) is 14.3 Å². The number of hydrogen-bond acceptors (Lipinski definition) is 3. The van der Waals surface area contributed by atoms with E-state index < -0.39 is 15.8 Å². The number of sulfonamides is 1. The molecule has 7 heteroatoms. The van der Waals surface area contributed by atoms with Crippen LogP contribution in [0.4, 0.5) is 10.1 Å². The van der Waals surface area contributed by atoms with Crippen LogP contribution in [0.25, 0.3) is 0 Å². The molecule has 0 radical (unpaired) electrons. The van der Waals surface area contributed by atoms with E-state index in [9.17, 15) is 17.6 Å². The van der Waals surface area contributed by atoms with Crippen LogP contribution in [0.5, 0.6) is 0 Å². The molecule has 3 rings (SSSR count). The van der Waals surface area contributed by atoms with E-state index in [2.05, 4.69) is 10.0 Å². The smallest absolute Gasteiger partial charge is 0.261 e. The first-order valence-electron chi connectivity index (χ1n) is 9.42. The van der Waals surface area contributed by atoms with Gasteiger partial charge >= 0.3 is 0 Å². The second kappa shape index (κ2) is 8.67. The van der Waals surface area contributed by atoms with Gasteiger partial charge in [0.25, 0.3) is 15.9 Å². The van der Waals surface area contributed by atoms with Gasteiger partial charge in [0.05, 0.1) is 10.9 Å². The maximum Gasteiger partial charge on any atom is 0.261 e. The summed E-state index contributed by atoms with van der Waals surface area (Å²) in [6.45, 7) is 5.87. The molecule has 0 saturated carbocycles. The number of halogens is 1. The van der Waals surface area contributed by atoms with Crippen LogP contribution in [0, 0.1) is 19.7 Å². The molecule has 0 fully saturated rings. The molecule has 3 aromatic rings. The molecule has 3 aromatic carbocycles. The van der Waals surface area contributed by atoms with Crippen molar-refractivity contribution in [1.82, 2.24) is 5.32 Å². The highest BCUT2D eigenvalue weighted by Crippen LogP contribution is 2.21. The summed E-state index contributed by atoms with van der Waals surface area (Å²) < 4.78 is 40.7. The van der Waals surface area contributed by atoms with Crippen LogP contribution < -0.4 is 10.0 Å². The molecule has 0 saturated heterocycles. The Morgan fingerprint density at radius 3 is 2.33 bits per heavy atom. The first-order valence-corrected chi connectivity index (χ1v) is 10.9. The van der Waals surface area contributed by atoms with Gasteiger partial charge in [-0.25, -0.2) is 12.8 Å². The van der Waals surface area contributed by atoms with Crippen LogP contribution in [0.3, 0.4) is 0 Å². The lowest BCUT2D eigenvalue weighted by atomic mass is 10.00. The maximum absolute atomic E-state index is 13.0. The summed E-state index contributed by atoms with van der Waals surface area (Å²) in [7, 11) is -3.93. The van der Waals surface area contributed by atoms with Gasteiger partial charge in [0.2, 0.25) is 0 Å². The van der Waals surface area contributed by atoms with E-state index in [0.717, 1.165) is 28.8 Å². The minimum absolute atomic E-state index is 0.0568. The van der Waals surface area contributed by atoms with Crippen molar-refractivity contribution in [1.29, 1.82) is 0 Å². The largest absolute Gasteiger partial charge is 0.346 e. The Balaban J connectivity index is 1.78. The van der Waals surface area contributed by atoms with Crippen LogP contribution >= 0.6 is 0 Å². The highest BCUT2D eigenvalue weighted by Gasteiger charge is 2.18. The summed E-state index contributed by atoms with van der Waals surface area (Å²) in [5.41, 5.74) is 3.67. The van der Waals surface area contributed by atoms with E-state index in [1.165, 1.54) is 30.3 Å². The summed E-state index contributed by atoms with van der Waals surface area (Å²) in [6.07, 6.45) is 0. The number of benzene rings is 3. The number of carbonyl (C=O) groups excluding carboxylic acids is 1. The first-order chi connectivity index (χ1) is 14.2. The number of nitrogens with one attached hydrogen (secondary N) is 2. The fourth-order valence-corrected chi connectivity index (χ4v) is 4.31. The second-order valence-electron chi connectivity index (χ2n) is 7.20. The Bertz CT molecular complexity index is 1180. The minimum atomic E-state index is -3.93. The standard InChI is InChI=1S/C23H23FN2O3S/c1-15-7-12-22(16(2)13-15)17(3)25-23(27)18-5-4-6-21(14-18)30(28,29)26-20-10-8-19(24)9-11-20/h4-14,17,26H,1-3H3,(H,25,27)/t17-/m0/s1. The highest BCUT2D eigenvalue weighted by atomic mass is 32.2. The molecule has 0 spiro atoms. The van der Waals surface area contributed by atoms with Gasteiger partial charge in [-0.2, -0.15) is 0 Å². The number of amides is 1. The zero-order chi connectivity index (χ0) is 21.9. The normalized spacial score (nSPS) is 12.3. The van der Waals surface area contributed by atoms with Crippen LogP contribution in [0.1, 0.15) is 40.0 Å². The van der Waals surface area contributed by atoms with Crippen molar-refractivity contribution in [2.24, 2.45) is 0 Å². The zero-order valence-corrected chi connectivity index (χ0v) is 17.8. The third-order valence-electron chi connectivity index (χ3n) is 4.74. The van der Waals surface area contributed by atoms with Gasteiger partial charge in [-0.1, -0.05) is 29.8 Å². The van der Waals surface area contributed by atoms with Gasteiger partial charge in [0.15, 0.2) is 0 Å². The molecule has 5 nitrogen and oxygen atoms in total. The predicted octanol–water partition coefficient (Wildman–Crippen LogP) is 4.73. The Morgan fingerprint density at radius 1 is 0.967 bits per heavy atom. The molecule has 1 atom stereocenters. The molecule has 0 unspecified atom stereocenters. The lowest BCUT2D eigenvalue weighted by Gasteiger charge is -2.17. The van der Waals surface area contributed by atoms with Crippen molar-refractivity contribution in [3.63, 3.8) is 0 Å². The molecular formula is C23H23FN2O3S. The SMILES string of the molecule is Cc1ccc([C@H](C)NC(=O)c2cccc(S(=O)(=O)Nc3ccc(F)cc3)c2)c(C)c1. The van der Waals surface area contributed by atoms with Crippen LogP contribution in [0.15, 0.2) is 71.6 Å². The summed E-state index contributed by atoms with van der Waals surface area (Å²) in [5.74, 6) is -0.837. The molecular weight excluding hydrogens is 403 g/mol. The monoisotopic (exact) mass is 426 g/mol. The number of anilines is 1. The van der Waals surface area contributed by atoms with Gasteiger partial charge in [-0.3, -0.25) is 9.52 Å². The van der Waals surface area contributed by atoms with Crippen molar-refractivity contribution in [2.75, 3.05) is 4.72 Å². The van der Waals surface area contributed by atoms with E-state index in [1.807, 2.05) is 39.0 Å². The molecule has 0 aliphatic heterocycles. The Kier molecular flexibility index (Phi) is 6.22. The highest BCUT2D eigenvalue weighted by molar-refractivity contribution is 7.92. The van der Waals surface area contributed by atoms with Crippen molar-refractivity contribution in [2.45, 2.75) is 31.7 Å². The average Bonchev–Trinajstić information content (AvgIpc) is 2.69. The number of aryl methyl sites for hydroxylation is 2. The molecule has 0 heterocycles. The number of rotatable bonds is 6.